The molecule has 6 nitrogen and oxygen atoms in total. The van der Waals surface area contributed by atoms with E-state index in [9.17, 15) is 19.2 Å². The van der Waals surface area contributed by atoms with Crippen LogP contribution in [0.15, 0.2) is 36.4 Å². The van der Waals surface area contributed by atoms with Gasteiger partial charge in [0.1, 0.15) is 0 Å². The zero-order valence-corrected chi connectivity index (χ0v) is 13.5. The van der Waals surface area contributed by atoms with Crippen LogP contribution in [0.2, 0.25) is 0 Å². The van der Waals surface area contributed by atoms with Crippen molar-refractivity contribution in [3.8, 4) is 10.4 Å². The van der Waals surface area contributed by atoms with Crippen LogP contribution in [-0.4, -0.2) is 18.3 Å². The molecule has 0 saturated carbocycles. The zero-order valence-electron chi connectivity index (χ0n) is 12.7. The molecule has 1 aliphatic heterocycles. The quantitative estimate of drug-likeness (QED) is 0.772. The number of rotatable bonds is 3. The number of thiophene rings is 1. The largest absolute Gasteiger partial charge is 0.292 e. The first-order valence-electron chi connectivity index (χ1n) is 7.21. The lowest BCUT2D eigenvalue weighted by molar-refractivity contribution is 0.294. The van der Waals surface area contributed by atoms with E-state index in [1.165, 1.54) is 11.3 Å². The molecule has 0 fully saturated rings. The van der Waals surface area contributed by atoms with Crippen LogP contribution in [0.1, 0.15) is 29.8 Å². The Bertz CT molecular complexity index is 999. The van der Waals surface area contributed by atoms with Gasteiger partial charge in [0.15, 0.2) is 0 Å². The Balaban J connectivity index is 2.19. The first kappa shape index (κ1) is 15.5. The summed E-state index contributed by atoms with van der Waals surface area (Å²) < 4.78 is 0. The van der Waals surface area contributed by atoms with Crippen LogP contribution >= 0.6 is 11.3 Å². The first-order chi connectivity index (χ1) is 11.0. The van der Waals surface area contributed by atoms with E-state index in [0.717, 1.165) is 11.3 Å². The van der Waals surface area contributed by atoms with Crippen LogP contribution in [0.4, 0.5) is 0 Å². The molecule has 1 aliphatic rings. The van der Waals surface area contributed by atoms with Gasteiger partial charge in [-0.2, -0.15) is 5.10 Å². The maximum atomic E-state index is 12.2. The normalized spacial score (nSPS) is 17.1. The van der Waals surface area contributed by atoms with Crippen molar-refractivity contribution in [1.82, 2.24) is 5.01 Å². The van der Waals surface area contributed by atoms with Gasteiger partial charge in [0.05, 0.1) is 11.6 Å². The van der Waals surface area contributed by atoms with E-state index in [-0.39, 0.29) is 23.6 Å². The standard InChI is InChI=1S/C16H14N2O4S/c1-3-8-12(14(20)16(22)15(21)13(8)19)11-5-4-10(23-11)9-6-7-17-18(9)2/h4-5,7,9H,3,6H2,1-2H3. The van der Waals surface area contributed by atoms with Crippen molar-refractivity contribution in [2.75, 3.05) is 7.05 Å². The molecule has 1 aromatic heterocycles. The van der Waals surface area contributed by atoms with Gasteiger partial charge < -0.3 is 0 Å². The van der Waals surface area contributed by atoms with Gasteiger partial charge in [0.25, 0.3) is 10.9 Å². The minimum atomic E-state index is -1.24. The molecule has 0 spiro atoms. The van der Waals surface area contributed by atoms with Gasteiger partial charge in [0, 0.05) is 35.0 Å². The second kappa shape index (κ2) is 5.66. The predicted molar refractivity (Wildman–Crippen MR) is 90.2 cm³/mol. The van der Waals surface area contributed by atoms with Gasteiger partial charge in [-0.15, -0.1) is 11.3 Å². The number of nitrogens with zero attached hydrogens (tertiary/aromatic N) is 2. The Morgan fingerprint density at radius 1 is 1.13 bits per heavy atom. The summed E-state index contributed by atoms with van der Waals surface area (Å²) in [6, 6.07) is 3.69. The first-order valence-corrected chi connectivity index (χ1v) is 8.03. The summed E-state index contributed by atoms with van der Waals surface area (Å²) >= 11 is 1.35. The fourth-order valence-electron chi connectivity index (χ4n) is 2.78. The lowest BCUT2D eigenvalue weighted by Crippen LogP contribution is -2.48. The third-order valence-corrected chi connectivity index (χ3v) is 5.22. The molecular formula is C16H14N2O4S. The summed E-state index contributed by atoms with van der Waals surface area (Å²) in [5.41, 5.74) is -3.99. The summed E-state index contributed by atoms with van der Waals surface area (Å²) in [7, 11) is 1.86. The van der Waals surface area contributed by atoms with Crippen molar-refractivity contribution < 1.29 is 0 Å². The van der Waals surface area contributed by atoms with Gasteiger partial charge in [-0.05, 0) is 18.6 Å². The Morgan fingerprint density at radius 3 is 2.43 bits per heavy atom. The number of hydrogen-bond donors (Lipinski definition) is 0. The monoisotopic (exact) mass is 330 g/mol. The van der Waals surface area contributed by atoms with E-state index in [1.807, 2.05) is 24.3 Å². The second-order valence-electron chi connectivity index (χ2n) is 5.35. The lowest BCUT2D eigenvalue weighted by atomic mass is 10.0. The molecule has 1 atom stereocenters. The third-order valence-electron chi connectivity index (χ3n) is 4.02. The maximum Gasteiger partial charge on any atom is 0.277 e. The summed E-state index contributed by atoms with van der Waals surface area (Å²) in [5.74, 6) is 0. The Hall–Kier alpha value is -2.41. The van der Waals surface area contributed by atoms with Gasteiger partial charge in [-0.3, -0.25) is 24.2 Å². The van der Waals surface area contributed by atoms with Crippen LogP contribution in [0.3, 0.4) is 0 Å². The molecule has 7 heteroatoms. The van der Waals surface area contributed by atoms with E-state index in [2.05, 4.69) is 5.10 Å². The van der Waals surface area contributed by atoms with Gasteiger partial charge in [0.2, 0.25) is 10.9 Å². The van der Waals surface area contributed by atoms with Gasteiger partial charge in [-0.1, -0.05) is 6.92 Å². The van der Waals surface area contributed by atoms with Crippen molar-refractivity contribution in [3.05, 3.63) is 63.5 Å². The second-order valence-corrected chi connectivity index (χ2v) is 6.46. The fourth-order valence-corrected chi connectivity index (χ4v) is 4.01. The smallest absolute Gasteiger partial charge is 0.277 e. The Morgan fingerprint density at radius 2 is 1.83 bits per heavy atom. The number of hydrazone groups is 1. The molecule has 2 heterocycles. The highest BCUT2D eigenvalue weighted by molar-refractivity contribution is 7.15. The molecule has 0 saturated heterocycles. The molecule has 118 valence electrons. The number of hydrogen-bond acceptors (Lipinski definition) is 7. The van der Waals surface area contributed by atoms with Crippen molar-refractivity contribution in [2.24, 2.45) is 5.10 Å². The van der Waals surface area contributed by atoms with Gasteiger partial charge >= 0.3 is 0 Å². The SMILES string of the molecule is CCc1c(-c2ccc(C3CC=NN3C)s2)c(=O)c(=O)c(=O)c1=O. The molecule has 0 radical (unpaired) electrons. The van der Waals surface area contributed by atoms with Crippen molar-refractivity contribution >= 4 is 17.6 Å². The van der Waals surface area contributed by atoms with Crippen LogP contribution in [0.25, 0.3) is 10.4 Å². The average molecular weight is 330 g/mol. The maximum absolute atomic E-state index is 12.2. The number of benzene rings is 1. The molecule has 3 rings (SSSR count). The topological polar surface area (TPSA) is 83.9 Å². The Labute approximate surface area is 135 Å². The molecule has 0 N–H and O–H groups in total. The van der Waals surface area contributed by atoms with E-state index in [1.54, 1.807) is 13.0 Å². The Kier molecular flexibility index (Phi) is 3.81. The third kappa shape index (κ3) is 2.37. The van der Waals surface area contributed by atoms with Crippen LogP contribution in [-0.2, 0) is 6.42 Å². The molecule has 1 unspecified atom stereocenters. The highest BCUT2D eigenvalue weighted by Crippen LogP contribution is 2.35. The molecule has 0 aliphatic carbocycles. The van der Waals surface area contributed by atoms with Crippen molar-refractivity contribution in [1.29, 1.82) is 0 Å². The fraction of sp³-hybridized carbons (Fsp3) is 0.312. The van der Waals surface area contributed by atoms with Crippen molar-refractivity contribution in [2.45, 2.75) is 25.8 Å². The summed E-state index contributed by atoms with van der Waals surface area (Å²) in [6.45, 7) is 1.69. The molecule has 0 bridgehead atoms. The van der Waals surface area contributed by atoms with E-state index >= 15 is 0 Å². The lowest BCUT2D eigenvalue weighted by Gasteiger charge is -2.16. The van der Waals surface area contributed by atoms with Crippen LogP contribution in [0, 0.1) is 0 Å². The molecule has 0 amide bonds. The molecule has 2 aromatic rings. The summed E-state index contributed by atoms with van der Waals surface area (Å²) in [5, 5.41) is 6.01. The average Bonchev–Trinajstić information content (AvgIpc) is 3.17. The highest BCUT2D eigenvalue weighted by atomic mass is 32.1. The zero-order chi connectivity index (χ0) is 16.7. The van der Waals surface area contributed by atoms with Crippen molar-refractivity contribution in [3.63, 3.8) is 0 Å². The van der Waals surface area contributed by atoms with Crippen LogP contribution < -0.4 is 21.7 Å². The van der Waals surface area contributed by atoms with E-state index in [4.69, 9.17) is 0 Å². The minimum absolute atomic E-state index is 0.0833. The molecule has 1 aromatic carbocycles. The van der Waals surface area contributed by atoms with E-state index in [0.29, 0.717) is 4.88 Å². The minimum Gasteiger partial charge on any atom is -0.292 e. The van der Waals surface area contributed by atoms with Crippen LogP contribution in [0.5, 0.6) is 0 Å². The summed E-state index contributed by atoms with van der Waals surface area (Å²) in [6.07, 6.45) is 2.82. The van der Waals surface area contributed by atoms with Gasteiger partial charge in [-0.25, -0.2) is 0 Å². The highest BCUT2D eigenvalue weighted by Gasteiger charge is 2.24. The molecular weight excluding hydrogens is 316 g/mol. The predicted octanol–water partition coefficient (Wildman–Crippen LogP) is 0.656. The molecule has 23 heavy (non-hydrogen) atoms. The summed E-state index contributed by atoms with van der Waals surface area (Å²) in [4.78, 5) is 49.1. The van der Waals surface area contributed by atoms with E-state index < -0.39 is 21.7 Å².